The van der Waals surface area contributed by atoms with Gasteiger partial charge in [0, 0.05) is 17.3 Å². The number of aromatic nitrogens is 4. The fourth-order valence-electron chi connectivity index (χ4n) is 3.46. The summed E-state index contributed by atoms with van der Waals surface area (Å²) in [5.41, 5.74) is 3.53. The molecule has 0 bridgehead atoms. The Labute approximate surface area is 177 Å². The van der Waals surface area contributed by atoms with Gasteiger partial charge in [-0.2, -0.15) is 5.10 Å². The van der Waals surface area contributed by atoms with Crippen LogP contribution < -0.4 is 5.56 Å². The van der Waals surface area contributed by atoms with Crippen molar-refractivity contribution in [1.29, 1.82) is 0 Å². The first-order chi connectivity index (χ1) is 15.2. The fraction of sp³-hybridized carbons (Fsp3) is 0. The Morgan fingerprint density at radius 2 is 1.48 bits per heavy atom. The van der Waals surface area contributed by atoms with Gasteiger partial charge in [0.25, 0.3) is 5.56 Å². The standard InChI is InChI=1S/C25H18N4O2/c30-25-21-13-7-8-14-22(21)26-23(29(25)31)16-15-19-17-28(20-11-5-2-6-12-20)27-24(19)18-9-3-1-4-10-18/h1-17,31H/b16-15+. The molecule has 2 heterocycles. The molecule has 31 heavy (non-hydrogen) atoms. The van der Waals surface area contributed by atoms with Crippen LogP contribution in [-0.4, -0.2) is 24.7 Å². The van der Waals surface area contributed by atoms with Gasteiger partial charge in [0.1, 0.15) is 0 Å². The van der Waals surface area contributed by atoms with Crippen molar-refractivity contribution in [1.82, 2.24) is 19.5 Å². The van der Waals surface area contributed by atoms with E-state index in [0.717, 1.165) is 22.5 Å². The summed E-state index contributed by atoms with van der Waals surface area (Å²) in [6.07, 6.45) is 5.33. The predicted octanol–water partition coefficient (Wildman–Crippen LogP) is 4.66. The summed E-state index contributed by atoms with van der Waals surface area (Å²) in [7, 11) is 0. The van der Waals surface area contributed by atoms with Crippen LogP contribution in [0.1, 0.15) is 11.4 Å². The topological polar surface area (TPSA) is 72.9 Å². The third kappa shape index (κ3) is 3.51. The highest BCUT2D eigenvalue weighted by molar-refractivity contribution is 5.81. The highest BCUT2D eigenvalue weighted by Gasteiger charge is 2.12. The van der Waals surface area contributed by atoms with Gasteiger partial charge in [0.15, 0.2) is 5.82 Å². The molecule has 0 unspecified atom stereocenters. The molecule has 6 heteroatoms. The Morgan fingerprint density at radius 1 is 0.806 bits per heavy atom. The summed E-state index contributed by atoms with van der Waals surface area (Å²) in [4.78, 5) is 16.9. The number of hydrogen-bond acceptors (Lipinski definition) is 4. The van der Waals surface area contributed by atoms with Crippen molar-refractivity contribution >= 4 is 23.1 Å². The highest BCUT2D eigenvalue weighted by Crippen LogP contribution is 2.25. The van der Waals surface area contributed by atoms with Crippen molar-refractivity contribution in [3.05, 3.63) is 113 Å². The maximum Gasteiger partial charge on any atom is 0.294 e. The lowest BCUT2D eigenvalue weighted by Gasteiger charge is -2.04. The maximum atomic E-state index is 12.5. The molecular formula is C25H18N4O2. The molecule has 0 atom stereocenters. The zero-order chi connectivity index (χ0) is 21.2. The number of fused-ring (bicyclic) bond motifs is 1. The minimum atomic E-state index is -0.506. The minimum absolute atomic E-state index is 0.148. The van der Waals surface area contributed by atoms with Crippen molar-refractivity contribution in [2.45, 2.75) is 0 Å². The van der Waals surface area contributed by atoms with E-state index in [0.29, 0.717) is 15.6 Å². The molecular weight excluding hydrogens is 388 g/mol. The van der Waals surface area contributed by atoms with Gasteiger partial charge in [-0.3, -0.25) is 4.79 Å². The first-order valence-electron chi connectivity index (χ1n) is 9.80. The van der Waals surface area contributed by atoms with Gasteiger partial charge in [0.2, 0.25) is 0 Å². The van der Waals surface area contributed by atoms with Gasteiger partial charge >= 0.3 is 0 Å². The minimum Gasteiger partial charge on any atom is -0.423 e. The third-order valence-corrected chi connectivity index (χ3v) is 5.00. The van der Waals surface area contributed by atoms with Gasteiger partial charge in [-0.1, -0.05) is 60.7 Å². The summed E-state index contributed by atoms with van der Waals surface area (Å²) >= 11 is 0. The summed E-state index contributed by atoms with van der Waals surface area (Å²) in [6.45, 7) is 0. The molecule has 0 spiro atoms. The van der Waals surface area contributed by atoms with Crippen LogP contribution in [0.4, 0.5) is 0 Å². The van der Waals surface area contributed by atoms with Crippen LogP contribution in [0.3, 0.4) is 0 Å². The van der Waals surface area contributed by atoms with Crippen LogP contribution in [-0.2, 0) is 0 Å². The van der Waals surface area contributed by atoms with Crippen LogP contribution in [0.5, 0.6) is 0 Å². The molecule has 0 saturated heterocycles. The maximum absolute atomic E-state index is 12.5. The van der Waals surface area contributed by atoms with Crippen molar-refractivity contribution < 1.29 is 5.21 Å². The van der Waals surface area contributed by atoms with Crippen LogP contribution >= 0.6 is 0 Å². The molecule has 0 amide bonds. The normalized spacial score (nSPS) is 11.4. The molecule has 0 saturated carbocycles. The molecule has 3 aromatic carbocycles. The van der Waals surface area contributed by atoms with Crippen molar-refractivity contribution in [2.75, 3.05) is 0 Å². The second kappa shape index (κ2) is 7.76. The van der Waals surface area contributed by atoms with E-state index in [1.165, 1.54) is 0 Å². The van der Waals surface area contributed by atoms with E-state index >= 15 is 0 Å². The first kappa shape index (κ1) is 18.6. The lowest BCUT2D eigenvalue weighted by Crippen LogP contribution is -2.21. The molecule has 0 aliphatic carbocycles. The second-order valence-electron chi connectivity index (χ2n) is 7.02. The fourth-order valence-corrected chi connectivity index (χ4v) is 3.46. The van der Waals surface area contributed by atoms with E-state index in [1.54, 1.807) is 36.4 Å². The number of rotatable bonds is 4. The van der Waals surface area contributed by atoms with Crippen LogP contribution in [0.2, 0.25) is 0 Å². The Hall–Kier alpha value is -4.45. The van der Waals surface area contributed by atoms with Crippen molar-refractivity contribution in [3.63, 3.8) is 0 Å². The molecule has 0 fully saturated rings. The predicted molar refractivity (Wildman–Crippen MR) is 121 cm³/mol. The van der Waals surface area contributed by atoms with Gasteiger partial charge in [0.05, 0.1) is 22.3 Å². The molecule has 2 aromatic heterocycles. The lowest BCUT2D eigenvalue weighted by molar-refractivity contribution is 0.171. The molecule has 0 aliphatic heterocycles. The van der Waals surface area contributed by atoms with Crippen molar-refractivity contribution in [3.8, 4) is 16.9 Å². The summed E-state index contributed by atoms with van der Waals surface area (Å²) in [6, 6.07) is 26.6. The molecule has 0 radical (unpaired) electrons. The van der Waals surface area contributed by atoms with Gasteiger partial charge in [-0.05, 0) is 36.4 Å². The largest absolute Gasteiger partial charge is 0.423 e. The Kier molecular flexibility index (Phi) is 4.65. The average Bonchev–Trinajstić information content (AvgIpc) is 3.26. The lowest BCUT2D eigenvalue weighted by atomic mass is 10.1. The Bertz CT molecular complexity index is 1450. The zero-order valence-electron chi connectivity index (χ0n) is 16.5. The van der Waals surface area contributed by atoms with Crippen LogP contribution in [0.15, 0.2) is 95.9 Å². The summed E-state index contributed by atoms with van der Waals surface area (Å²) in [5.74, 6) is 0.148. The monoisotopic (exact) mass is 406 g/mol. The van der Waals surface area contributed by atoms with E-state index < -0.39 is 5.56 Å². The van der Waals surface area contributed by atoms with E-state index in [9.17, 15) is 10.0 Å². The Balaban J connectivity index is 1.63. The first-order valence-corrected chi connectivity index (χ1v) is 9.80. The smallest absolute Gasteiger partial charge is 0.294 e. The molecule has 5 rings (SSSR count). The van der Waals surface area contributed by atoms with Crippen molar-refractivity contribution in [2.24, 2.45) is 0 Å². The van der Waals surface area contributed by atoms with Crippen LogP contribution in [0, 0.1) is 0 Å². The van der Waals surface area contributed by atoms with E-state index in [2.05, 4.69) is 4.98 Å². The van der Waals surface area contributed by atoms with Gasteiger partial charge in [-0.25, -0.2) is 9.67 Å². The number of benzene rings is 3. The van der Waals surface area contributed by atoms with Gasteiger partial charge < -0.3 is 5.21 Å². The number of para-hydroxylation sites is 2. The van der Waals surface area contributed by atoms with E-state index in [4.69, 9.17) is 5.10 Å². The average molecular weight is 406 g/mol. The van der Waals surface area contributed by atoms with Crippen LogP contribution in [0.25, 0.3) is 40.0 Å². The molecule has 1 N–H and O–H groups in total. The quantitative estimate of drug-likeness (QED) is 0.441. The summed E-state index contributed by atoms with van der Waals surface area (Å²) in [5, 5.41) is 15.4. The van der Waals surface area contributed by atoms with E-state index in [-0.39, 0.29) is 5.82 Å². The molecule has 150 valence electrons. The Morgan fingerprint density at radius 3 is 2.26 bits per heavy atom. The zero-order valence-corrected chi connectivity index (χ0v) is 16.5. The number of hydrogen-bond donors (Lipinski definition) is 1. The SMILES string of the molecule is O=c1c2ccccc2nc(/C=C/c2cn(-c3ccccc3)nc2-c2ccccc2)n1O. The van der Waals surface area contributed by atoms with Gasteiger partial charge in [-0.15, -0.1) is 4.73 Å². The number of nitrogens with zero attached hydrogens (tertiary/aromatic N) is 4. The molecule has 5 aromatic rings. The highest BCUT2D eigenvalue weighted by atomic mass is 16.5. The third-order valence-electron chi connectivity index (χ3n) is 5.00. The molecule has 0 aliphatic rings. The van der Waals surface area contributed by atoms with E-state index in [1.807, 2.05) is 71.5 Å². The summed E-state index contributed by atoms with van der Waals surface area (Å²) < 4.78 is 2.38. The second-order valence-corrected chi connectivity index (χ2v) is 7.02. The molecule has 6 nitrogen and oxygen atoms in total.